The molecule has 9 heteroatoms. The summed E-state index contributed by atoms with van der Waals surface area (Å²) in [6.45, 7) is 2.70. The van der Waals surface area contributed by atoms with Crippen LogP contribution in [-0.2, 0) is 14.8 Å². The topological polar surface area (TPSA) is 118 Å². The molecule has 8 nitrogen and oxygen atoms in total. The average molecular weight is 302 g/mol. The van der Waals surface area contributed by atoms with Gasteiger partial charge in [0.25, 0.3) is 5.69 Å². The van der Waals surface area contributed by atoms with Crippen LogP contribution in [0.1, 0.15) is 12.5 Å². The number of nitro groups is 1. The number of likely N-dealkylation sites (N-methyl/N-ethyl adjacent to an activating group) is 1. The Morgan fingerprint density at radius 3 is 2.45 bits per heavy atom. The SMILES string of the molecule is Cc1ccc([N+](=O)[O-])cc1S(=O)(=O)N(C)C(C)C(=O)O. The fourth-order valence-corrected chi connectivity index (χ4v) is 3.06. The fraction of sp³-hybridized carbons (Fsp3) is 0.364. The standard InChI is InChI=1S/C11H14N2O6S/c1-7-4-5-9(13(16)17)6-10(7)20(18,19)12(3)8(2)11(14)15/h4-6,8H,1-3H3,(H,14,15). The molecule has 0 aliphatic heterocycles. The van der Waals surface area contributed by atoms with Crippen LogP contribution in [0.25, 0.3) is 0 Å². The van der Waals surface area contributed by atoms with Crippen molar-refractivity contribution in [3.63, 3.8) is 0 Å². The lowest BCUT2D eigenvalue weighted by Crippen LogP contribution is -2.40. The van der Waals surface area contributed by atoms with Crippen LogP contribution in [-0.4, -0.2) is 41.8 Å². The number of benzene rings is 1. The molecular weight excluding hydrogens is 288 g/mol. The van der Waals surface area contributed by atoms with Gasteiger partial charge in [-0.25, -0.2) is 8.42 Å². The minimum atomic E-state index is -4.12. The summed E-state index contributed by atoms with van der Waals surface area (Å²) in [5.41, 5.74) is -0.0643. The molecule has 20 heavy (non-hydrogen) atoms. The molecule has 0 heterocycles. The Kier molecular flexibility index (Phi) is 4.46. The molecule has 1 rings (SSSR count). The van der Waals surface area contributed by atoms with Gasteiger partial charge < -0.3 is 5.11 Å². The molecule has 1 aromatic rings. The quantitative estimate of drug-likeness (QED) is 0.640. The number of carboxylic acid groups (broad SMARTS) is 1. The summed E-state index contributed by atoms with van der Waals surface area (Å²) < 4.78 is 25.3. The zero-order valence-electron chi connectivity index (χ0n) is 11.1. The van der Waals surface area contributed by atoms with E-state index in [-0.39, 0.29) is 10.6 Å². The number of hydrogen-bond donors (Lipinski definition) is 1. The molecule has 0 amide bonds. The van der Waals surface area contributed by atoms with E-state index in [1.807, 2.05) is 0 Å². The molecule has 0 aromatic heterocycles. The lowest BCUT2D eigenvalue weighted by Gasteiger charge is -2.21. The molecule has 0 aliphatic carbocycles. The summed E-state index contributed by atoms with van der Waals surface area (Å²) in [5.74, 6) is -1.31. The van der Waals surface area contributed by atoms with Gasteiger partial charge in [-0.15, -0.1) is 0 Å². The van der Waals surface area contributed by atoms with E-state index in [0.29, 0.717) is 9.87 Å². The van der Waals surface area contributed by atoms with Crippen LogP contribution in [0.5, 0.6) is 0 Å². The van der Waals surface area contributed by atoms with E-state index in [4.69, 9.17) is 5.11 Å². The molecule has 0 saturated carbocycles. The van der Waals surface area contributed by atoms with Crippen molar-refractivity contribution in [3.8, 4) is 0 Å². The van der Waals surface area contributed by atoms with E-state index < -0.39 is 27.0 Å². The van der Waals surface area contributed by atoms with Gasteiger partial charge >= 0.3 is 5.97 Å². The van der Waals surface area contributed by atoms with Crippen molar-refractivity contribution < 1.29 is 23.2 Å². The Bertz CT molecular complexity index is 655. The first-order valence-corrected chi connectivity index (χ1v) is 6.99. The van der Waals surface area contributed by atoms with Crippen LogP contribution in [0.15, 0.2) is 23.1 Å². The van der Waals surface area contributed by atoms with Crippen LogP contribution < -0.4 is 0 Å². The summed E-state index contributed by atoms with van der Waals surface area (Å²) in [7, 11) is -3.00. The third-order valence-electron chi connectivity index (χ3n) is 2.94. The van der Waals surface area contributed by atoms with Gasteiger partial charge in [0.2, 0.25) is 10.0 Å². The highest BCUT2D eigenvalue weighted by Gasteiger charge is 2.31. The Balaban J connectivity index is 3.38. The molecule has 1 unspecified atom stereocenters. The number of rotatable bonds is 5. The van der Waals surface area contributed by atoms with Crippen molar-refractivity contribution in [2.24, 2.45) is 0 Å². The van der Waals surface area contributed by atoms with Crippen molar-refractivity contribution in [1.82, 2.24) is 4.31 Å². The number of aryl methyl sites for hydroxylation is 1. The Morgan fingerprint density at radius 1 is 1.45 bits per heavy atom. The molecule has 110 valence electrons. The summed E-state index contributed by atoms with van der Waals surface area (Å²) in [6, 6.07) is 2.15. The third kappa shape index (κ3) is 2.94. The highest BCUT2D eigenvalue weighted by molar-refractivity contribution is 7.89. The third-order valence-corrected chi connectivity index (χ3v) is 5.01. The van der Waals surface area contributed by atoms with E-state index >= 15 is 0 Å². The van der Waals surface area contributed by atoms with Crippen molar-refractivity contribution in [1.29, 1.82) is 0 Å². The van der Waals surface area contributed by atoms with Gasteiger partial charge in [0, 0.05) is 19.2 Å². The summed E-state index contributed by atoms with van der Waals surface area (Å²) in [5, 5.41) is 19.6. The highest BCUT2D eigenvalue weighted by Crippen LogP contribution is 2.25. The molecule has 1 atom stereocenters. The average Bonchev–Trinajstić information content (AvgIpc) is 2.36. The van der Waals surface area contributed by atoms with Crippen molar-refractivity contribution in [2.45, 2.75) is 24.8 Å². The molecular formula is C11H14N2O6S. The normalized spacial score (nSPS) is 13.2. The van der Waals surface area contributed by atoms with Crippen molar-refractivity contribution in [3.05, 3.63) is 33.9 Å². The van der Waals surface area contributed by atoms with Crippen LogP contribution in [0.2, 0.25) is 0 Å². The molecule has 1 N–H and O–H groups in total. The van der Waals surface area contributed by atoms with Crippen LogP contribution >= 0.6 is 0 Å². The minimum Gasteiger partial charge on any atom is -0.480 e. The van der Waals surface area contributed by atoms with Crippen LogP contribution in [0.4, 0.5) is 5.69 Å². The number of aliphatic carboxylic acids is 1. The summed E-state index contributed by atoms with van der Waals surface area (Å²) >= 11 is 0. The number of sulfonamides is 1. The summed E-state index contributed by atoms with van der Waals surface area (Å²) in [6.07, 6.45) is 0. The number of carbonyl (C=O) groups is 1. The van der Waals surface area contributed by atoms with E-state index in [0.717, 1.165) is 13.1 Å². The smallest absolute Gasteiger partial charge is 0.321 e. The lowest BCUT2D eigenvalue weighted by atomic mass is 10.2. The minimum absolute atomic E-state index is 0.276. The number of carboxylic acids is 1. The van der Waals surface area contributed by atoms with Crippen molar-refractivity contribution in [2.75, 3.05) is 7.05 Å². The Hall–Kier alpha value is -2.00. The van der Waals surface area contributed by atoms with Crippen LogP contribution in [0, 0.1) is 17.0 Å². The largest absolute Gasteiger partial charge is 0.480 e. The molecule has 0 saturated heterocycles. The second kappa shape index (κ2) is 5.55. The monoisotopic (exact) mass is 302 g/mol. The zero-order chi connectivity index (χ0) is 15.7. The first-order valence-electron chi connectivity index (χ1n) is 5.55. The second-order valence-corrected chi connectivity index (χ2v) is 6.21. The molecule has 0 bridgehead atoms. The van der Waals surface area contributed by atoms with Gasteiger partial charge in [-0.1, -0.05) is 6.07 Å². The number of hydrogen-bond acceptors (Lipinski definition) is 5. The van der Waals surface area contributed by atoms with E-state index in [2.05, 4.69) is 0 Å². The van der Waals surface area contributed by atoms with Crippen LogP contribution in [0.3, 0.4) is 0 Å². The van der Waals surface area contributed by atoms with Gasteiger partial charge in [-0.3, -0.25) is 14.9 Å². The maximum absolute atomic E-state index is 12.3. The van der Waals surface area contributed by atoms with Gasteiger partial charge in [0.05, 0.1) is 9.82 Å². The first kappa shape index (κ1) is 16.1. The predicted octanol–water partition coefficient (Wildman–Crippen LogP) is 0.997. The number of nitrogens with zero attached hydrogens (tertiary/aromatic N) is 2. The summed E-state index contributed by atoms with van der Waals surface area (Å²) in [4.78, 5) is 20.6. The predicted molar refractivity (Wildman–Crippen MR) is 69.9 cm³/mol. The molecule has 0 fully saturated rings. The lowest BCUT2D eigenvalue weighted by molar-refractivity contribution is -0.385. The highest BCUT2D eigenvalue weighted by atomic mass is 32.2. The molecule has 0 radical (unpaired) electrons. The van der Waals surface area contributed by atoms with E-state index in [1.165, 1.54) is 26.0 Å². The zero-order valence-corrected chi connectivity index (χ0v) is 11.9. The first-order chi connectivity index (χ1) is 9.09. The fourth-order valence-electron chi connectivity index (χ4n) is 1.50. The van der Waals surface area contributed by atoms with E-state index in [9.17, 15) is 23.3 Å². The second-order valence-electron chi connectivity index (χ2n) is 4.24. The molecule has 0 aliphatic rings. The number of non-ortho nitro benzene ring substituents is 1. The van der Waals surface area contributed by atoms with E-state index in [1.54, 1.807) is 0 Å². The maximum atomic E-state index is 12.3. The van der Waals surface area contributed by atoms with Gasteiger partial charge in [-0.05, 0) is 19.4 Å². The van der Waals surface area contributed by atoms with Gasteiger partial charge in [0.15, 0.2) is 0 Å². The number of nitro benzene ring substituents is 1. The molecule has 1 aromatic carbocycles. The molecule has 0 spiro atoms. The van der Waals surface area contributed by atoms with Gasteiger partial charge in [0.1, 0.15) is 6.04 Å². The Labute approximate surface area is 115 Å². The van der Waals surface area contributed by atoms with Crippen molar-refractivity contribution >= 4 is 21.7 Å². The van der Waals surface area contributed by atoms with Gasteiger partial charge in [-0.2, -0.15) is 4.31 Å². The maximum Gasteiger partial charge on any atom is 0.321 e. The Morgan fingerprint density at radius 2 is 2.00 bits per heavy atom.